The summed E-state index contributed by atoms with van der Waals surface area (Å²) in [7, 11) is 0. The molecule has 0 saturated carbocycles. The summed E-state index contributed by atoms with van der Waals surface area (Å²) in [5.41, 5.74) is 4.90. The van der Waals surface area contributed by atoms with Crippen LogP contribution in [0.25, 0.3) is 10.8 Å². The van der Waals surface area contributed by atoms with Crippen LogP contribution < -0.4 is 0 Å². The third-order valence-electron chi connectivity index (χ3n) is 4.13. The summed E-state index contributed by atoms with van der Waals surface area (Å²) in [6, 6.07) is 21.3. The molecule has 0 bridgehead atoms. The molecule has 0 amide bonds. The monoisotopic (exact) mass is 298 g/mol. The predicted molar refractivity (Wildman–Crippen MR) is 99.8 cm³/mol. The van der Waals surface area contributed by atoms with Crippen LogP contribution in [-0.4, -0.2) is 0 Å². The van der Waals surface area contributed by atoms with Gasteiger partial charge in [0.05, 0.1) is 0 Å². The van der Waals surface area contributed by atoms with Crippen LogP contribution in [0.1, 0.15) is 43.0 Å². The maximum Gasteiger partial charge on any atom is 0.0327 e. The molecule has 0 nitrogen and oxygen atoms in total. The van der Waals surface area contributed by atoms with Gasteiger partial charge in [-0.25, -0.2) is 0 Å². The van der Waals surface area contributed by atoms with Crippen molar-refractivity contribution in [3.8, 4) is 11.8 Å². The van der Waals surface area contributed by atoms with Crippen molar-refractivity contribution in [2.75, 3.05) is 0 Å². The lowest BCUT2D eigenvalue weighted by Crippen LogP contribution is -2.11. The second-order valence-electron chi connectivity index (χ2n) is 7.07. The van der Waals surface area contributed by atoms with E-state index in [4.69, 9.17) is 0 Å². The fourth-order valence-corrected chi connectivity index (χ4v) is 2.84. The molecule has 0 saturated heterocycles. The Morgan fingerprint density at radius 2 is 1.35 bits per heavy atom. The maximum absolute atomic E-state index is 3.35. The van der Waals surface area contributed by atoms with Crippen molar-refractivity contribution in [2.24, 2.45) is 0 Å². The molecule has 23 heavy (non-hydrogen) atoms. The van der Waals surface area contributed by atoms with Gasteiger partial charge in [-0.1, -0.05) is 80.6 Å². The lowest BCUT2D eigenvalue weighted by atomic mass is 9.83. The largest absolute Gasteiger partial charge is 0.0616 e. The molecule has 3 aromatic rings. The Hall–Kier alpha value is -2.52. The lowest BCUT2D eigenvalue weighted by molar-refractivity contribution is 0.596. The third kappa shape index (κ3) is 3.30. The van der Waals surface area contributed by atoms with Gasteiger partial charge in [-0.3, -0.25) is 0 Å². The molecule has 3 aromatic carbocycles. The predicted octanol–water partition coefficient (Wildman–Crippen LogP) is 5.85. The molecule has 0 aliphatic carbocycles. The van der Waals surface area contributed by atoms with E-state index < -0.39 is 0 Å². The van der Waals surface area contributed by atoms with Crippen LogP contribution in [0.4, 0.5) is 0 Å². The molecule has 0 aromatic heterocycles. The SMILES string of the molecule is Cc1ccc(C#Cc2ccc(C(C)(C)C)c3ccccc23)cc1. The summed E-state index contributed by atoms with van der Waals surface area (Å²) in [6.07, 6.45) is 0. The zero-order valence-corrected chi connectivity index (χ0v) is 14.3. The van der Waals surface area contributed by atoms with E-state index in [-0.39, 0.29) is 5.41 Å². The summed E-state index contributed by atoms with van der Waals surface area (Å²) in [5.74, 6) is 6.64. The maximum atomic E-state index is 3.35. The molecule has 0 atom stereocenters. The van der Waals surface area contributed by atoms with Gasteiger partial charge in [0.15, 0.2) is 0 Å². The highest BCUT2D eigenvalue weighted by Crippen LogP contribution is 2.31. The number of benzene rings is 3. The Balaban J connectivity index is 2.12. The van der Waals surface area contributed by atoms with Gasteiger partial charge >= 0.3 is 0 Å². The van der Waals surface area contributed by atoms with Crippen LogP contribution in [0.15, 0.2) is 60.7 Å². The number of hydrogen-bond acceptors (Lipinski definition) is 0. The topological polar surface area (TPSA) is 0 Å². The molecule has 0 aliphatic heterocycles. The van der Waals surface area contributed by atoms with Gasteiger partial charge in [-0.05, 0) is 46.9 Å². The van der Waals surface area contributed by atoms with Crippen molar-refractivity contribution in [3.05, 3.63) is 82.9 Å². The highest BCUT2D eigenvalue weighted by molar-refractivity contribution is 5.91. The minimum absolute atomic E-state index is 0.127. The Morgan fingerprint density at radius 1 is 0.696 bits per heavy atom. The van der Waals surface area contributed by atoms with Gasteiger partial charge < -0.3 is 0 Å². The fourth-order valence-electron chi connectivity index (χ4n) is 2.84. The van der Waals surface area contributed by atoms with E-state index in [1.807, 2.05) is 0 Å². The Labute approximate surface area is 139 Å². The van der Waals surface area contributed by atoms with Crippen LogP contribution in [0.5, 0.6) is 0 Å². The van der Waals surface area contributed by atoms with Crippen molar-refractivity contribution in [2.45, 2.75) is 33.1 Å². The lowest BCUT2D eigenvalue weighted by Gasteiger charge is -2.21. The molecule has 0 fully saturated rings. The van der Waals surface area contributed by atoms with E-state index in [2.05, 4.69) is 100 Å². The van der Waals surface area contributed by atoms with E-state index in [0.29, 0.717) is 0 Å². The zero-order chi connectivity index (χ0) is 16.4. The van der Waals surface area contributed by atoms with E-state index in [9.17, 15) is 0 Å². The summed E-state index contributed by atoms with van der Waals surface area (Å²) in [5, 5.41) is 2.54. The molecule has 0 unspecified atom stereocenters. The molecule has 114 valence electrons. The average molecular weight is 298 g/mol. The van der Waals surface area contributed by atoms with Crippen LogP contribution in [0.2, 0.25) is 0 Å². The molecular formula is C23H22. The number of hydrogen-bond donors (Lipinski definition) is 0. The van der Waals surface area contributed by atoms with E-state index in [1.165, 1.54) is 21.9 Å². The first kappa shape index (κ1) is 15.4. The molecule has 0 heteroatoms. The van der Waals surface area contributed by atoms with Gasteiger partial charge in [-0.2, -0.15) is 0 Å². The van der Waals surface area contributed by atoms with Gasteiger partial charge in [0, 0.05) is 11.1 Å². The Morgan fingerprint density at radius 3 is 2.00 bits per heavy atom. The molecular weight excluding hydrogens is 276 g/mol. The first-order valence-electron chi connectivity index (χ1n) is 8.06. The molecule has 0 spiro atoms. The number of aryl methyl sites for hydroxylation is 1. The quantitative estimate of drug-likeness (QED) is 0.457. The zero-order valence-electron chi connectivity index (χ0n) is 14.3. The highest BCUT2D eigenvalue weighted by Gasteiger charge is 2.17. The van der Waals surface area contributed by atoms with E-state index in [0.717, 1.165) is 11.1 Å². The minimum Gasteiger partial charge on any atom is -0.0616 e. The minimum atomic E-state index is 0.127. The first-order chi connectivity index (χ1) is 10.9. The first-order valence-corrected chi connectivity index (χ1v) is 8.06. The molecule has 0 aliphatic rings. The summed E-state index contributed by atoms with van der Waals surface area (Å²) in [6.45, 7) is 8.86. The molecule has 3 rings (SSSR count). The molecule has 0 radical (unpaired) electrons. The normalized spacial score (nSPS) is 11.1. The summed E-state index contributed by atoms with van der Waals surface area (Å²) in [4.78, 5) is 0. The van der Waals surface area contributed by atoms with Crippen LogP contribution in [0, 0.1) is 18.8 Å². The van der Waals surface area contributed by atoms with Crippen molar-refractivity contribution < 1.29 is 0 Å². The Kier molecular flexibility index (Phi) is 3.97. The van der Waals surface area contributed by atoms with Gasteiger partial charge in [0.1, 0.15) is 0 Å². The smallest absolute Gasteiger partial charge is 0.0327 e. The van der Waals surface area contributed by atoms with Gasteiger partial charge in [0.2, 0.25) is 0 Å². The van der Waals surface area contributed by atoms with Crippen molar-refractivity contribution in [1.29, 1.82) is 0 Å². The second-order valence-corrected chi connectivity index (χ2v) is 7.07. The van der Waals surface area contributed by atoms with E-state index >= 15 is 0 Å². The van der Waals surface area contributed by atoms with Crippen molar-refractivity contribution in [3.63, 3.8) is 0 Å². The van der Waals surface area contributed by atoms with Gasteiger partial charge in [0.25, 0.3) is 0 Å². The highest BCUT2D eigenvalue weighted by atomic mass is 14.2. The fraction of sp³-hybridized carbons (Fsp3) is 0.217. The van der Waals surface area contributed by atoms with Crippen LogP contribution >= 0.6 is 0 Å². The Bertz CT molecular complexity index is 895. The summed E-state index contributed by atoms with van der Waals surface area (Å²) >= 11 is 0. The van der Waals surface area contributed by atoms with Crippen LogP contribution in [0.3, 0.4) is 0 Å². The third-order valence-corrected chi connectivity index (χ3v) is 4.13. The van der Waals surface area contributed by atoms with Crippen LogP contribution in [-0.2, 0) is 5.41 Å². The molecule has 0 heterocycles. The van der Waals surface area contributed by atoms with E-state index in [1.54, 1.807) is 0 Å². The average Bonchev–Trinajstić information content (AvgIpc) is 2.53. The van der Waals surface area contributed by atoms with Crippen molar-refractivity contribution >= 4 is 10.8 Å². The number of fused-ring (bicyclic) bond motifs is 1. The van der Waals surface area contributed by atoms with Gasteiger partial charge in [-0.15, -0.1) is 0 Å². The molecule has 0 N–H and O–H groups in total. The van der Waals surface area contributed by atoms with Crippen molar-refractivity contribution in [1.82, 2.24) is 0 Å². The standard InChI is InChI=1S/C23H22/c1-17-9-11-18(12-10-17)13-14-19-15-16-22(23(2,3)4)21-8-6-5-7-20(19)21/h5-12,15-16H,1-4H3. The second kappa shape index (κ2) is 5.94. The summed E-state index contributed by atoms with van der Waals surface area (Å²) < 4.78 is 0. The number of rotatable bonds is 0.